The van der Waals surface area contributed by atoms with E-state index in [9.17, 15) is 19.5 Å². The van der Waals surface area contributed by atoms with Gasteiger partial charge in [-0.2, -0.15) is 0 Å². The number of rotatable bonds is 16. The molecule has 4 fully saturated rings. The van der Waals surface area contributed by atoms with Gasteiger partial charge in [-0.3, -0.25) is 24.5 Å². The molecule has 2 amide bonds. The zero-order chi connectivity index (χ0) is 44.5. The van der Waals surface area contributed by atoms with Crippen LogP contribution in [0.4, 0.5) is 10.5 Å². The molecular formula is C47H69N7O8. The molecule has 2 aromatic heterocycles. The first-order chi connectivity index (χ1) is 29.5. The number of aryl methyl sites for hydroxylation is 1. The van der Waals surface area contributed by atoms with Crippen LogP contribution in [0.15, 0.2) is 30.5 Å². The number of ether oxygens (including phenoxy) is 4. The highest BCUT2D eigenvalue weighted by Gasteiger charge is 2.42. The first-order valence-corrected chi connectivity index (χ1v) is 22.6. The highest BCUT2D eigenvalue weighted by molar-refractivity contribution is 5.94. The van der Waals surface area contributed by atoms with Crippen LogP contribution in [0.1, 0.15) is 109 Å². The number of esters is 1. The Morgan fingerprint density at radius 3 is 2.40 bits per heavy atom. The van der Waals surface area contributed by atoms with Crippen molar-refractivity contribution >= 4 is 34.6 Å². The normalized spacial score (nSPS) is 22.1. The standard InChI is InChI=1S/C47H69N7O8/c1-10-53-39-16-13-30(33-24-40(33)61-27-38(49-45(58)62-46(3,4)5)43(56)54-17-11-12-37(50-54)44(57)60-9)22-34(39)36(25-47(6,7)28-55)42(53)35-23-32(26-48-41(35)29(2)59-8)52-20-18-51(19-21-52)31-14-15-31/h13,16,22-23,26,29,31,33,37-38,40,50,55H,10-12,14-15,17-21,24-25,27-28H2,1-9H3,(H,49,58)/t29-,33-,37-,38-,40+/m0/s1. The van der Waals surface area contributed by atoms with Crippen LogP contribution in [0, 0.1) is 5.41 Å². The molecule has 0 bridgehead atoms. The van der Waals surface area contributed by atoms with Gasteiger partial charge in [-0.25, -0.2) is 10.2 Å². The van der Waals surface area contributed by atoms with Gasteiger partial charge in [0.15, 0.2) is 0 Å². The average molecular weight is 860 g/mol. The number of aromatic nitrogens is 2. The number of nitrogens with one attached hydrogen (secondary N) is 2. The van der Waals surface area contributed by atoms with Crippen molar-refractivity contribution < 1.29 is 38.4 Å². The Hall–Kier alpha value is -4.28. The van der Waals surface area contributed by atoms with Gasteiger partial charge < -0.3 is 38.8 Å². The van der Waals surface area contributed by atoms with Crippen molar-refractivity contribution in [2.75, 3.05) is 65.1 Å². The molecule has 15 heteroatoms. The number of methoxy groups -OCH3 is 2. The molecule has 5 atom stereocenters. The molecule has 0 spiro atoms. The van der Waals surface area contributed by atoms with Gasteiger partial charge in [0.1, 0.15) is 17.7 Å². The summed E-state index contributed by atoms with van der Waals surface area (Å²) in [5, 5.41) is 15.9. The second-order valence-corrected chi connectivity index (χ2v) is 19.4. The largest absolute Gasteiger partial charge is 0.468 e. The predicted molar refractivity (Wildman–Crippen MR) is 238 cm³/mol. The van der Waals surface area contributed by atoms with E-state index in [4.69, 9.17) is 23.9 Å². The number of hydrazine groups is 1. The van der Waals surface area contributed by atoms with Gasteiger partial charge in [0.2, 0.25) is 0 Å². The number of piperazine rings is 1. The third-order valence-electron chi connectivity index (χ3n) is 12.8. The number of fused-ring (bicyclic) bond motifs is 1. The number of aliphatic hydroxyl groups is 1. The third kappa shape index (κ3) is 10.4. The Morgan fingerprint density at radius 1 is 1.02 bits per heavy atom. The van der Waals surface area contributed by atoms with Crippen molar-refractivity contribution in [1.29, 1.82) is 0 Å². The van der Waals surface area contributed by atoms with Crippen LogP contribution in [-0.4, -0.2) is 133 Å². The fraction of sp³-hybridized carbons (Fsp3) is 0.660. The second kappa shape index (κ2) is 18.8. The first kappa shape index (κ1) is 45.7. The minimum absolute atomic E-state index is 0.0296. The van der Waals surface area contributed by atoms with E-state index >= 15 is 0 Å². The minimum Gasteiger partial charge on any atom is -0.468 e. The number of anilines is 1. The van der Waals surface area contributed by atoms with E-state index in [1.807, 2.05) is 13.1 Å². The molecular weight excluding hydrogens is 791 g/mol. The molecule has 1 aromatic carbocycles. The first-order valence-electron chi connectivity index (χ1n) is 22.6. The Bertz CT molecular complexity index is 2090. The molecule has 340 valence electrons. The summed E-state index contributed by atoms with van der Waals surface area (Å²) >= 11 is 0. The zero-order valence-corrected chi connectivity index (χ0v) is 38.3. The summed E-state index contributed by atoms with van der Waals surface area (Å²) in [4.78, 5) is 49.4. The summed E-state index contributed by atoms with van der Waals surface area (Å²) in [6, 6.07) is 8.00. The number of pyridine rings is 1. The van der Waals surface area contributed by atoms with Crippen molar-refractivity contribution in [2.24, 2.45) is 5.41 Å². The van der Waals surface area contributed by atoms with Crippen LogP contribution >= 0.6 is 0 Å². The second-order valence-electron chi connectivity index (χ2n) is 19.4. The monoisotopic (exact) mass is 860 g/mol. The van der Waals surface area contributed by atoms with Gasteiger partial charge in [0.05, 0.1) is 49.2 Å². The number of benzene rings is 1. The Kier molecular flexibility index (Phi) is 13.9. The maximum atomic E-state index is 13.9. The van der Waals surface area contributed by atoms with Crippen molar-refractivity contribution in [3.05, 3.63) is 47.3 Å². The van der Waals surface area contributed by atoms with Gasteiger partial charge in [-0.1, -0.05) is 19.9 Å². The molecule has 62 heavy (non-hydrogen) atoms. The van der Waals surface area contributed by atoms with Crippen molar-refractivity contribution in [3.8, 4) is 11.3 Å². The lowest BCUT2D eigenvalue weighted by Gasteiger charge is -2.36. The number of aliphatic hydroxyl groups excluding tert-OH is 1. The van der Waals surface area contributed by atoms with Crippen LogP contribution in [0.3, 0.4) is 0 Å². The molecule has 3 N–H and O–H groups in total. The van der Waals surface area contributed by atoms with Crippen LogP contribution < -0.4 is 15.6 Å². The van der Waals surface area contributed by atoms with E-state index in [1.54, 1.807) is 27.9 Å². The average Bonchev–Trinajstić information content (AvgIpc) is 4.21. The number of hydrogen-bond donors (Lipinski definition) is 3. The minimum atomic E-state index is -1.05. The summed E-state index contributed by atoms with van der Waals surface area (Å²) in [6.07, 6.45) is 6.00. The molecule has 4 aliphatic rings. The molecule has 2 aliphatic carbocycles. The van der Waals surface area contributed by atoms with Crippen molar-refractivity contribution in [2.45, 2.75) is 135 Å². The summed E-state index contributed by atoms with van der Waals surface area (Å²) in [7, 11) is 3.04. The van der Waals surface area contributed by atoms with Gasteiger partial charge in [0, 0.05) is 81.4 Å². The van der Waals surface area contributed by atoms with Gasteiger partial charge in [0.25, 0.3) is 5.91 Å². The number of amides is 2. The van der Waals surface area contributed by atoms with E-state index < -0.39 is 41.1 Å². The van der Waals surface area contributed by atoms with E-state index in [2.05, 4.69) is 70.1 Å². The number of alkyl carbamates (subject to hydrolysis) is 1. The maximum Gasteiger partial charge on any atom is 0.408 e. The number of carbonyl (C=O) groups is 3. The molecule has 3 aromatic rings. The fourth-order valence-corrected chi connectivity index (χ4v) is 9.07. The predicted octanol–water partition coefficient (Wildman–Crippen LogP) is 5.71. The molecule has 2 saturated carbocycles. The molecule has 0 unspecified atom stereocenters. The van der Waals surface area contributed by atoms with Crippen LogP contribution in [0.25, 0.3) is 22.2 Å². The molecule has 0 radical (unpaired) electrons. The molecule has 2 saturated heterocycles. The highest BCUT2D eigenvalue weighted by Crippen LogP contribution is 2.47. The van der Waals surface area contributed by atoms with Gasteiger partial charge in [-0.05, 0) is 108 Å². The molecule has 15 nitrogen and oxygen atoms in total. The molecule has 7 rings (SSSR count). The molecule has 4 heterocycles. The van der Waals surface area contributed by atoms with Gasteiger partial charge >= 0.3 is 12.1 Å². The third-order valence-corrected chi connectivity index (χ3v) is 12.8. The lowest BCUT2D eigenvalue weighted by molar-refractivity contribution is -0.150. The van der Waals surface area contributed by atoms with E-state index in [1.165, 1.54) is 25.0 Å². The Balaban J connectivity index is 1.18. The topological polar surface area (TPSA) is 160 Å². The lowest BCUT2D eigenvalue weighted by atomic mass is 9.84. The summed E-state index contributed by atoms with van der Waals surface area (Å²) in [5.74, 6) is -0.802. The van der Waals surface area contributed by atoms with Crippen LogP contribution in [-0.2, 0) is 41.5 Å². The smallest absolute Gasteiger partial charge is 0.408 e. The Labute approximate surface area is 366 Å². The fourth-order valence-electron chi connectivity index (χ4n) is 9.07. The van der Waals surface area contributed by atoms with E-state index in [0.717, 1.165) is 89.9 Å². The summed E-state index contributed by atoms with van der Waals surface area (Å²) in [6.45, 7) is 18.8. The summed E-state index contributed by atoms with van der Waals surface area (Å²) in [5.41, 5.74) is 9.35. The summed E-state index contributed by atoms with van der Waals surface area (Å²) < 4.78 is 25.2. The van der Waals surface area contributed by atoms with E-state index in [-0.39, 0.29) is 31.3 Å². The van der Waals surface area contributed by atoms with E-state index in [0.29, 0.717) is 25.8 Å². The number of hydrogen-bond acceptors (Lipinski definition) is 12. The van der Waals surface area contributed by atoms with Crippen LogP contribution in [0.2, 0.25) is 0 Å². The number of nitrogens with zero attached hydrogens (tertiary/aromatic N) is 5. The highest BCUT2D eigenvalue weighted by atomic mass is 16.6. The Morgan fingerprint density at radius 2 is 1.76 bits per heavy atom. The number of carbonyl (C=O) groups excluding carboxylic acids is 3. The molecule has 2 aliphatic heterocycles. The lowest BCUT2D eigenvalue weighted by Crippen LogP contribution is -2.61. The SMILES string of the molecule is CCn1c(-c2cc(N3CCN(C4CC4)CC3)cnc2[C@H](C)OC)c(CC(C)(C)CO)c2cc([C@@H]3C[C@H]3OC[C@H](NC(=O)OC(C)(C)C)C(=O)N3CCC[C@@H](C(=O)OC)N3)ccc21. The van der Waals surface area contributed by atoms with Gasteiger partial charge in [-0.15, -0.1) is 0 Å². The van der Waals surface area contributed by atoms with Crippen molar-refractivity contribution in [1.82, 2.24) is 30.2 Å². The quantitative estimate of drug-likeness (QED) is 0.151. The maximum absolute atomic E-state index is 13.9. The zero-order valence-electron chi connectivity index (χ0n) is 38.3. The van der Waals surface area contributed by atoms with Crippen molar-refractivity contribution in [3.63, 3.8) is 0 Å². The van der Waals surface area contributed by atoms with Crippen LogP contribution in [0.5, 0.6) is 0 Å².